The second-order valence-corrected chi connectivity index (χ2v) is 5.68. The van der Waals surface area contributed by atoms with Crippen LogP contribution in [0.3, 0.4) is 0 Å². The Kier molecular flexibility index (Phi) is 2.81. The summed E-state index contributed by atoms with van der Waals surface area (Å²) in [7, 11) is 0. The summed E-state index contributed by atoms with van der Waals surface area (Å²) in [5.74, 6) is 0. The van der Waals surface area contributed by atoms with Gasteiger partial charge in [0, 0.05) is 5.39 Å². The van der Waals surface area contributed by atoms with Gasteiger partial charge in [0.2, 0.25) is 0 Å². The normalized spacial score (nSPS) is 17.6. The van der Waals surface area contributed by atoms with Crippen molar-refractivity contribution in [3.8, 4) is 0 Å². The first-order valence-electron chi connectivity index (χ1n) is 7.38. The molecule has 1 atom stereocenters. The maximum absolute atomic E-state index is 6.18. The lowest BCUT2D eigenvalue weighted by Gasteiger charge is -2.27. The highest BCUT2D eigenvalue weighted by Gasteiger charge is 2.20. The molecular weight excluding hydrogens is 260 g/mol. The van der Waals surface area contributed by atoms with Gasteiger partial charge >= 0.3 is 0 Å². The summed E-state index contributed by atoms with van der Waals surface area (Å²) in [5.41, 5.74) is 11.8. The second-order valence-electron chi connectivity index (χ2n) is 5.68. The number of nitrogens with two attached hydrogens (primary N) is 1. The third-order valence-electron chi connectivity index (χ3n) is 4.31. The summed E-state index contributed by atoms with van der Waals surface area (Å²) in [4.78, 5) is 0. The molecule has 0 saturated carbocycles. The Bertz CT molecular complexity index is 790. The zero-order valence-corrected chi connectivity index (χ0v) is 11.8. The number of aryl methyl sites for hydroxylation is 1. The smallest absolute Gasteiger partial charge is 0.0672 e. The van der Waals surface area contributed by atoms with Crippen LogP contribution in [0.5, 0.6) is 0 Å². The fourth-order valence-corrected chi connectivity index (χ4v) is 3.23. The molecule has 4 heteroatoms. The fraction of sp³-hybridized carbons (Fsp3) is 0.235. The molecule has 0 fully saturated rings. The van der Waals surface area contributed by atoms with E-state index in [9.17, 15) is 0 Å². The number of nitrogens with zero attached hydrogens (tertiary/aromatic N) is 1. The molecule has 1 aromatic heterocycles. The van der Waals surface area contributed by atoms with Crippen molar-refractivity contribution in [2.24, 2.45) is 0 Å². The third kappa shape index (κ3) is 2.13. The number of aromatic amines is 1. The predicted molar refractivity (Wildman–Crippen MR) is 86.2 cm³/mol. The van der Waals surface area contributed by atoms with Gasteiger partial charge in [0.15, 0.2) is 0 Å². The van der Waals surface area contributed by atoms with E-state index in [0.717, 1.165) is 28.7 Å². The lowest BCUT2D eigenvalue weighted by molar-refractivity contribution is 0.600. The summed E-state index contributed by atoms with van der Waals surface area (Å²) >= 11 is 0. The van der Waals surface area contributed by atoms with Gasteiger partial charge < -0.3 is 11.1 Å². The largest absolute Gasteiger partial charge is 0.397 e. The van der Waals surface area contributed by atoms with Crippen LogP contribution in [-0.4, -0.2) is 10.2 Å². The molecule has 1 unspecified atom stereocenters. The number of anilines is 2. The molecular formula is C17H18N4. The first-order chi connectivity index (χ1) is 10.3. The third-order valence-corrected chi connectivity index (χ3v) is 4.31. The first-order valence-corrected chi connectivity index (χ1v) is 7.38. The highest BCUT2D eigenvalue weighted by atomic mass is 15.1. The predicted octanol–water partition coefficient (Wildman–Crippen LogP) is 3.63. The summed E-state index contributed by atoms with van der Waals surface area (Å²) in [6.07, 6.45) is 5.31. The zero-order chi connectivity index (χ0) is 14.2. The number of hydrogen-bond donors (Lipinski definition) is 3. The molecule has 0 saturated heterocycles. The van der Waals surface area contributed by atoms with Gasteiger partial charge in [-0.15, -0.1) is 0 Å². The fourth-order valence-electron chi connectivity index (χ4n) is 3.23. The van der Waals surface area contributed by atoms with Crippen LogP contribution in [0.4, 0.5) is 11.4 Å². The molecule has 0 bridgehead atoms. The zero-order valence-electron chi connectivity index (χ0n) is 11.8. The van der Waals surface area contributed by atoms with Crippen LogP contribution in [0.15, 0.2) is 42.6 Å². The molecule has 106 valence electrons. The Morgan fingerprint density at radius 2 is 2.14 bits per heavy atom. The summed E-state index contributed by atoms with van der Waals surface area (Å²) in [6, 6.07) is 13.0. The van der Waals surface area contributed by atoms with E-state index in [1.807, 2.05) is 6.07 Å². The van der Waals surface area contributed by atoms with Crippen molar-refractivity contribution >= 4 is 22.3 Å². The molecule has 2 aromatic carbocycles. The second kappa shape index (κ2) is 4.81. The highest BCUT2D eigenvalue weighted by molar-refractivity contribution is 5.88. The minimum atomic E-state index is 0.331. The van der Waals surface area contributed by atoms with Crippen molar-refractivity contribution < 1.29 is 0 Å². The van der Waals surface area contributed by atoms with Crippen LogP contribution < -0.4 is 11.1 Å². The van der Waals surface area contributed by atoms with Gasteiger partial charge in [-0.1, -0.05) is 24.3 Å². The number of benzene rings is 2. The van der Waals surface area contributed by atoms with Gasteiger partial charge in [-0.3, -0.25) is 5.10 Å². The Labute approximate surface area is 123 Å². The Morgan fingerprint density at radius 3 is 3.10 bits per heavy atom. The van der Waals surface area contributed by atoms with E-state index in [2.05, 4.69) is 45.8 Å². The molecule has 1 heterocycles. The summed E-state index contributed by atoms with van der Waals surface area (Å²) in [5, 5.41) is 11.7. The van der Waals surface area contributed by atoms with Gasteiger partial charge in [0.25, 0.3) is 0 Å². The number of nitrogen functional groups attached to an aromatic ring is 1. The van der Waals surface area contributed by atoms with Crippen molar-refractivity contribution in [1.29, 1.82) is 0 Å². The highest BCUT2D eigenvalue weighted by Crippen LogP contribution is 2.34. The van der Waals surface area contributed by atoms with Crippen molar-refractivity contribution in [2.75, 3.05) is 11.1 Å². The Morgan fingerprint density at radius 1 is 1.24 bits per heavy atom. The number of fused-ring (bicyclic) bond motifs is 2. The van der Waals surface area contributed by atoms with E-state index in [4.69, 9.17) is 5.73 Å². The molecule has 0 spiro atoms. The van der Waals surface area contributed by atoms with E-state index < -0.39 is 0 Å². The van der Waals surface area contributed by atoms with E-state index in [1.54, 1.807) is 6.20 Å². The molecule has 21 heavy (non-hydrogen) atoms. The maximum Gasteiger partial charge on any atom is 0.0672 e. The van der Waals surface area contributed by atoms with E-state index in [-0.39, 0.29) is 0 Å². The lowest BCUT2D eigenvalue weighted by atomic mass is 9.87. The van der Waals surface area contributed by atoms with E-state index in [1.165, 1.54) is 24.0 Å². The minimum absolute atomic E-state index is 0.331. The molecule has 4 nitrogen and oxygen atoms in total. The monoisotopic (exact) mass is 278 g/mol. The van der Waals surface area contributed by atoms with Crippen LogP contribution in [0.25, 0.3) is 10.9 Å². The summed E-state index contributed by atoms with van der Waals surface area (Å²) in [6.45, 7) is 0. The number of hydrogen-bond acceptors (Lipinski definition) is 3. The molecule has 0 radical (unpaired) electrons. The average Bonchev–Trinajstić information content (AvgIpc) is 2.95. The molecule has 4 rings (SSSR count). The Balaban J connectivity index is 1.70. The number of nitrogens with one attached hydrogen (secondary N) is 2. The van der Waals surface area contributed by atoms with Gasteiger partial charge in [-0.25, -0.2) is 0 Å². The molecule has 0 amide bonds. The SMILES string of the molecule is Nc1cc2cn[nH]c2cc1NC1CCCc2ccccc21. The standard InChI is InChI=1S/C17H18N4/c18-14-8-12-10-19-21-16(12)9-17(14)20-15-7-3-5-11-4-1-2-6-13(11)15/h1-2,4,6,8-10,15,20H,3,5,7,18H2,(H,19,21). The van der Waals surface area contributed by atoms with Gasteiger partial charge in [0.05, 0.1) is 29.1 Å². The maximum atomic E-state index is 6.18. The van der Waals surface area contributed by atoms with Crippen molar-refractivity contribution in [2.45, 2.75) is 25.3 Å². The average molecular weight is 278 g/mol. The van der Waals surface area contributed by atoms with Crippen molar-refractivity contribution in [3.63, 3.8) is 0 Å². The van der Waals surface area contributed by atoms with Crippen molar-refractivity contribution in [3.05, 3.63) is 53.7 Å². The van der Waals surface area contributed by atoms with E-state index >= 15 is 0 Å². The molecule has 1 aliphatic carbocycles. The van der Waals surface area contributed by atoms with Crippen LogP contribution in [-0.2, 0) is 6.42 Å². The minimum Gasteiger partial charge on any atom is -0.397 e. The van der Waals surface area contributed by atoms with Crippen LogP contribution >= 0.6 is 0 Å². The van der Waals surface area contributed by atoms with Gasteiger partial charge in [-0.2, -0.15) is 5.10 Å². The number of aromatic nitrogens is 2. The first kappa shape index (κ1) is 12.3. The molecule has 4 N–H and O–H groups in total. The van der Waals surface area contributed by atoms with Gasteiger partial charge in [-0.05, 0) is 42.5 Å². The van der Waals surface area contributed by atoms with Crippen LogP contribution in [0.2, 0.25) is 0 Å². The van der Waals surface area contributed by atoms with Crippen molar-refractivity contribution in [1.82, 2.24) is 10.2 Å². The quantitative estimate of drug-likeness (QED) is 0.627. The molecule has 0 aliphatic heterocycles. The summed E-state index contributed by atoms with van der Waals surface area (Å²) < 4.78 is 0. The van der Waals surface area contributed by atoms with E-state index in [0.29, 0.717) is 6.04 Å². The number of rotatable bonds is 2. The lowest BCUT2D eigenvalue weighted by Crippen LogP contribution is -2.17. The topological polar surface area (TPSA) is 66.7 Å². The molecule has 3 aromatic rings. The van der Waals surface area contributed by atoms with Gasteiger partial charge in [0.1, 0.15) is 0 Å². The number of H-pyrrole nitrogens is 1. The molecule has 1 aliphatic rings. The Hall–Kier alpha value is -2.49. The van der Waals surface area contributed by atoms with Crippen LogP contribution in [0, 0.1) is 0 Å². The van der Waals surface area contributed by atoms with Crippen LogP contribution in [0.1, 0.15) is 30.0 Å².